The fourth-order valence-electron chi connectivity index (χ4n) is 3.29. The van der Waals surface area contributed by atoms with Crippen LogP contribution >= 0.6 is 0 Å². The van der Waals surface area contributed by atoms with E-state index in [0.717, 1.165) is 25.7 Å². The van der Waals surface area contributed by atoms with E-state index in [1.807, 2.05) is 13.8 Å². The maximum Gasteiger partial charge on any atom is 0.132 e. The fourth-order valence-corrected chi connectivity index (χ4v) is 3.29. The molecule has 0 aliphatic heterocycles. The van der Waals surface area contributed by atoms with Crippen molar-refractivity contribution in [3.05, 3.63) is 35.5 Å². The van der Waals surface area contributed by atoms with Gasteiger partial charge in [-0.15, -0.1) is 0 Å². The molecule has 0 saturated heterocycles. The number of rotatable bonds is 1. The van der Waals surface area contributed by atoms with Crippen molar-refractivity contribution in [2.75, 3.05) is 0 Å². The SMILES string of the molecule is CC.Cc1c(C2CCC(=O)CC2)c2ccccc2n1C. The summed E-state index contributed by atoms with van der Waals surface area (Å²) in [4.78, 5) is 11.4. The number of carbonyl (C=O) groups excluding carboxylic acids is 1. The van der Waals surface area contributed by atoms with Gasteiger partial charge in [-0.3, -0.25) is 4.79 Å². The Morgan fingerprint density at radius 1 is 1.10 bits per heavy atom. The maximum atomic E-state index is 11.4. The number of para-hydroxylation sites is 1. The van der Waals surface area contributed by atoms with Crippen LogP contribution in [0, 0.1) is 6.92 Å². The molecule has 108 valence electrons. The minimum Gasteiger partial charge on any atom is -0.348 e. The van der Waals surface area contributed by atoms with Gasteiger partial charge < -0.3 is 4.57 Å². The minimum atomic E-state index is 0.434. The Morgan fingerprint density at radius 3 is 2.35 bits per heavy atom. The highest BCUT2D eigenvalue weighted by Gasteiger charge is 2.25. The van der Waals surface area contributed by atoms with Gasteiger partial charge in [0.05, 0.1) is 0 Å². The molecule has 2 aromatic rings. The number of carbonyl (C=O) groups is 1. The largest absolute Gasteiger partial charge is 0.348 e. The lowest BCUT2D eigenvalue weighted by Gasteiger charge is -2.21. The molecule has 2 nitrogen and oxygen atoms in total. The van der Waals surface area contributed by atoms with E-state index < -0.39 is 0 Å². The van der Waals surface area contributed by atoms with E-state index in [-0.39, 0.29) is 0 Å². The summed E-state index contributed by atoms with van der Waals surface area (Å²) >= 11 is 0. The van der Waals surface area contributed by atoms with E-state index in [2.05, 4.69) is 42.8 Å². The molecule has 0 bridgehead atoms. The monoisotopic (exact) mass is 271 g/mol. The average Bonchev–Trinajstić information content (AvgIpc) is 2.75. The second-order valence-electron chi connectivity index (χ2n) is 5.39. The Labute approximate surface area is 121 Å². The molecule has 0 radical (unpaired) electrons. The van der Waals surface area contributed by atoms with E-state index in [9.17, 15) is 4.79 Å². The van der Waals surface area contributed by atoms with Crippen LogP contribution in [0.2, 0.25) is 0 Å². The standard InChI is InChI=1S/C16H19NO.C2H6/c1-11-16(12-7-9-13(18)10-8-12)14-5-3-4-6-15(14)17(11)2;1-2/h3-6,12H,7-10H2,1-2H3;1-2H3. The molecule has 1 aliphatic rings. The fraction of sp³-hybridized carbons (Fsp3) is 0.500. The highest BCUT2D eigenvalue weighted by molar-refractivity contribution is 5.86. The van der Waals surface area contributed by atoms with Crippen molar-refractivity contribution in [1.82, 2.24) is 4.57 Å². The lowest BCUT2D eigenvalue weighted by atomic mass is 9.82. The van der Waals surface area contributed by atoms with E-state index in [1.54, 1.807) is 0 Å². The van der Waals surface area contributed by atoms with Gasteiger partial charge in [-0.05, 0) is 37.3 Å². The quantitative estimate of drug-likeness (QED) is 0.734. The molecule has 20 heavy (non-hydrogen) atoms. The normalized spacial score (nSPS) is 16.1. The Bertz CT molecular complexity index is 599. The summed E-state index contributed by atoms with van der Waals surface area (Å²) in [6, 6.07) is 8.60. The lowest BCUT2D eigenvalue weighted by Crippen LogP contribution is -2.13. The van der Waals surface area contributed by atoms with Gasteiger partial charge in [-0.1, -0.05) is 32.0 Å². The van der Waals surface area contributed by atoms with Gasteiger partial charge in [-0.2, -0.15) is 0 Å². The van der Waals surface area contributed by atoms with Crippen molar-refractivity contribution >= 4 is 16.7 Å². The van der Waals surface area contributed by atoms with Gasteiger partial charge in [0.15, 0.2) is 0 Å². The van der Waals surface area contributed by atoms with Crippen molar-refractivity contribution in [2.45, 2.75) is 52.4 Å². The van der Waals surface area contributed by atoms with Crippen molar-refractivity contribution < 1.29 is 4.79 Å². The second kappa shape index (κ2) is 6.25. The number of aryl methyl sites for hydroxylation is 1. The highest BCUT2D eigenvalue weighted by Crippen LogP contribution is 2.38. The number of hydrogen-bond acceptors (Lipinski definition) is 1. The molecule has 3 rings (SSSR count). The zero-order valence-electron chi connectivity index (χ0n) is 13.1. The second-order valence-corrected chi connectivity index (χ2v) is 5.39. The molecule has 0 spiro atoms. The molecule has 1 aliphatic carbocycles. The third-order valence-corrected chi connectivity index (χ3v) is 4.40. The van der Waals surface area contributed by atoms with Crippen molar-refractivity contribution in [3.8, 4) is 0 Å². The summed E-state index contributed by atoms with van der Waals surface area (Å²) in [7, 11) is 2.13. The third-order valence-electron chi connectivity index (χ3n) is 4.40. The zero-order chi connectivity index (χ0) is 14.7. The van der Waals surface area contributed by atoms with Gasteiger partial charge in [0.1, 0.15) is 5.78 Å². The number of Topliss-reactive ketones (excluding diaryl/α,β-unsaturated/α-hetero) is 1. The summed E-state index contributed by atoms with van der Waals surface area (Å²) in [5.74, 6) is 0.998. The molecule has 1 fully saturated rings. The summed E-state index contributed by atoms with van der Waals surface area (Å²) in [6.07, 6.45) is 3.56. The van der Waals surface area contributed by atoms with Crippen LogP contribution in [0.4, 0.5) is 0 Å². The van der Waals surface area contributed by atoms with Gasteiger partial charge in [0.2, 0.25) is 0 Å². The number of fused-ring (bicyclic) bond motifs is 1. The first kappa shape index (κ1) is 14.8. The topological polar surface area (TPSA) is 22.0 Å². The Balaban J connectivity index is 0.000000704. The van der Waals surface area contributed by atoms with Gasteiger partial charge in [-0.25, -0.2) is 0 Å². The summed E-state index contributed by atoms with van der Waals surface area (Å²) in [6.45, 7) is 6.20. The zero-order valence-corrected chi connectivity index (χ0v) is 13.1. The van der Waals surface area contributed by atoms with Crippen LogP contribution in [0.15, 0.2) is 24.3 Å². The van der Waals surface area contributed by atoms with Crippen LogP contribution in [0.3, 0.4) is 0 Å². The molecule has 2 heteroatoms. The van der Waals surface area contributed by atoms with E-state index in [1.165, 1.54) is 22.2 Å². The van der Waals surface area contributed by atoms with Crippen molar-refractivity contribution in [2.24, 2.45) is 7.05 Å². The number of aromatic nitrogens is 1. The first-order chi connectivity index (χ1) is 9.68. The molecular formula is C18H25NO. The summed E-state index contributed by atoms with van der Waals surface area (Å²) in [5, 5.41) is 1.37. The first-order valence-corrected chi connectivity index (χ1v) is 7.74. The average molecular weight is 271 g/mol. The Hall–Kier alpha value is -1.57. The molecule has 1 saturated carbocycles. The molecule has 0 unspecified atom stereocenters. The molecule has 1 aromatic carbocycles. The molecule has 1 heterocycles. The van der Waals surface area contributed by atoms with E-state index in [0.29, 0.717) is 11.7 Å². The number of nitrogens with zero attached hydrogens (tertiary/aromatic N) is 1. The van der Waals surface area contributed by atoms with Gasteiger partial charge in [0, 0.05) is 36.5 Å². The van der Waals surface area contributed by atoms with Crippen LogP contribution < -0.4 is 0 Å². The molecule has 0 atom stereocenters. The van der Waals surface area contributed by atoms with Gasteiger partial charge >= 0.3 is 0 Å². The van der Waals surface area contributed by atoms with Crippen molar-refractivity contribution in [3.63, 3.8) is 0 Å². The van der Waals surface area contributed by atoms with Gasteiger partial charge in [0.25, 0.3) is 0 Å². The smallest absolute Gasteiger partial charge is 0.132 e. The lowest BCUT2D eigenvalue weighted by molar-refractivity contribution is -0.120. The maximum absolute atomic E-state index is 11.4. The summed E-state index contributed by atoms with van der Waals surface area (Å²) < 4.78 is 2.28. The van der Waals surface area contributed by atoms with Crippen LogP contribution in [0.25, 0.3) is 10.9 Å². The van der Waals surface area contributed by atoms with E-state index in [4.69, 9.17) is 0 Å². The van der Waals surface area contributed by atoms with E-state index >= 15 is 0 Å². The number of ketones is 1. The molecule has 0 N–H and O–H groups in total. The highest BCUT2D eigenvalue weighted by atomic mass is 16.1. The molecule has 1 aromatic heterocycles. The van der Waals surface area contributed by atoms with Crippen LogP contribution in [0.1, 0.15) is 56.7 Å². The number of benzene rings is 1. The van der Waals surface area contributed by atoms with Crippen molar-refractivity contribution in [1.29, 1.82) is 0 Å². The molecular weight excluding hydrogens is 246 g/mol. The van der Waals surface area contributed by atoms with Crippen LogP contribution in [-0.4, -0.2) is 10.4 Å². The van der Waals surface area contributed by atoms with Crippen LogP contribution in [0.5, 0.6) is 0 Å². The molecule has 0 amide bonds. The number of hydrogen-bond donors (Lipinski definition) is 0. The predicted octanol–water partition coefficient (Wildman–Crippen LogP) is 4.74. The minimum absolute atomic E-state index is 0.434. The Kier molecular flexibility index (Phi) is 4.64. The third kappa shape index (κ3) is 2.52. The van der Waals surface area contributed by atoms with Crippen LogP contribution in [-0.2, 0) is 11.8 Å². The summed E-state index contributed by atoms with van der Waals surface area (Å²) in [5.41, 5.74) is 4.14. The Morgan fingerprint density at radius 2 is 1.70 bits per heavy atom. The first-order valence-electron chi connectivity index (χ1n) is 7.74. The predicted molar refractivity (Wildman–Crippen MR) is 85.2 cm³/mol.